The van der Waals surface area contributed by atoms with E-state index >= 15 is 0 Å². The molecule has 1 amide bonds. The standard InChI is InChI=1S/C24H23N3O4S2/c1-5-27-22(28)20(13-15-11-18(29-2)21(31-4)19(12-15)30-3)33-24(27)26-23-25-17(14-32-23)16-9-7-6-8-10-16/h6-14H,5H2,1-4H3/b20-13-,26-24+. The number of aliphatic imine (C=N–C) groups is 1. The van der Waals surface area contributed by atoms with Crippen LogP contribution in [0.2, 0.25) is 0 Å². The largest absolute Gasteiger partial charge is 0.493 e. The van der Waals surface area contributed by atoms with Gasteiger partial charge in [-0.3, -0.25) is 9.69 Å². The summed E-state index contributed by atoms with van der Waals surface area (Å²) in [5.41, 5.74) is 2.66. The van der Waals surface area contributed by atoms with Crippen molar-refractivity contribution in [2.45, 2.75) is 6.92 Å². The summed E-state index contributed by atoms with van der Waals surface area (Å²) in [5.74, 6) is 1.45. The number of benzene rings is 2. The molecule has 7 nitrogen and oxygen atoms in total. The molecular weight excluding hydrogens is 458 g/mol. The minimum Gasteiger partial charge on any atom is -0.493 e. The molecular formula is C24H23N3O4S2. The maximum atomic E-state index is 13.1. The number of aromatic nitrogens is 1. The Morgan fingerprint density at radius 3 is 2.36 bits per heavy atom. The molecule has 0 unspecified atom stereocenters. The van der Waals surface area contributed by atoms with E-state index in [1.807, 2.05) is 42.6 Å². The van der Waals surface area contributed by atoms with Gasteiger partial charge in [0.25, 0.3) is 5.91 Å². The summed E-state index contributed by atoms with van der Waals surface area (Å²) in [5, 5.41) is 3.19. The van der Waals surface area contributed by atoms with Crippen LogP contribution < -0.4 is 14.2 Å². The van der Waals surface area contributed by atoms with Gasteiger partial charge < -0.3 is 14.2 Å². The quantitative estimate of drug-likeness (QED) is 0.417. The van der Waals surface area contributed by atoms with E-state index in [1.165, 1.54) is 23.1 Å². The first kappa shape index (κ1) is 22.9. The first-order chi connectivity index (χ1) is 16.1. The lowest BCUT2D eigenvalue weighted by molar-refractivity contribution is -0.122. The Hall–Kier alpha value is -3.30. The Morgan fingerprint density at radius 1 is 1.06 bits per heavy atom. The van der Waals surface area contributed by atoms with Crippen LogP contribution in [0.15, 0.2) is 57.7 Å². The van der Waals surface area contributed by atoms with Crippen LogP contribution in [-0.2, 0) is 4.79 Å². The van der Waals surface area contributed by atoms with E-state index in [0.29, 0.717) is 39.0 Å². The fourth-order valence-electron chi connectivity index (χ4n) is 3.35. The lowest BCUT2D eigenvalue weighted by Crippen LogP contribution is -2.28. The maximum absolute atomic E-state index is 13.1. The topological polar surface area (TPSA) is 73.2 Å². The average Bonchev–Trinajstić information content (AvgIpc) is 3.43. The van der Waals surface area contributed by atoms with Crippen LogP contribution in [0.4, 0.5) is 5.13 Å². The van der Waals surface area contributed by atoms with Crippen LogP contribution in [0.5, 0.6) is 17.2 Å². The van der Waals surface area contributed by atoms with Gasteiger partial charge in [0.05, 0.1) is 31.9 Å². The number of thiazole rings is 1. The highest BCUT2D eigenvalue weighted by Gasteiger charge is 2.32. The molecule has 1 aliphatic heterocycles. The van der Waals surface area contributed by atoms with Crippen molar-refractivity contribution in [2.24, 2.45) is 4.99 Å². The summed E-state index contributed by atoms with van der Waals surface area (Å²) in [6, 6.07) is 13.6. The summed E-state index contributed by atoms with van der Waals surface area (Å²) in [6.45, 7) is 2.43. The highest BCUT2D eigenvalue weighted by Crippen LogP contribution is 2.40. The second-order valence-corrected chi connectivity index (χ2v) is 8.74. The third-order valence-electron chi connectivity index (χ3n) is 4.94. The van der Waals surface area contributed by atoms with Crippen LogP contribution >= 0.6 is 23.1 Å². The van der Waals surface area contributed by atoms with Gasteiger partial charge in [0, 0.05) is 17.5 Å². The summed E-state index contributed by atoms with van der Waals surface area (Å²) in [7, 11) is 4.68. The number of hydrogen-bond acceptors (Lipinski definition) is 8. The number of methoxy groups -OCH3 is 3. The summed E-state index contributed by atoms with van der Waals surface area (Å²) >= 11 is 2.77. The number of ether oxygens (including phenoxy) is 3. The molecule has 170 valence electrons. The molecule has 2 heterocycles. The van der Waals surface area contributed by atoms with Gasteiger partial charge in [0.15, 0.2) is 16.7 Å². The van der Waals surface area contributed by atoms with E-state index in [0.717, 1.165) is 16.8 Å². The van der Waals surface area contributed by atoms with Crippen LogP contribution in [-0.4, -0.2) is 48.8 Å². The van der Waals surface area contributed by atoms with Gasteiger partial charge in [-0.05, 0) is 42.5 Å². The maximum Gasteiger partial charge on any atom is 0.266 e. The van der Waals surface area contributed by atoms with E-state index in [4.69, 9.17) is 14.2 Å². The Morgan fingerprint density at radius 2 is 1.76 bits per heavy atom. The average molecular weight is 482 g/mol. The van der Waals surface area contributed by atoms with E-state index in [2.05, 4.69) is 9.98 Å². The van der Waals surface area contributed by atoms with E-state index in [1.54, 1.807) is 44.4 Å². The van der Waals surface area contributed by atoms with Gasteiger partial charge >= 0.3 is 0 Å². The monoisotopic (exact) mass is 481 g/mol. The number of likely N-dealkylation sites (N-methyl/N-ethyl adjacent to an activating group) is 1. The number of amidine groups is 1. The number of carbonyl (C=O) groups is 1. The number of carbonyl (C=O) groups excluding carboxylic acids is 1. The van der Waals surface area contributed by atoms with Crippen molar-refractivity contribution >= 4 is 45.4 Å². The van der Waals surface area contributed by atoms with Crippen LogP contribution in [0.25, 0.3) is 17.3 Å². The van der Waals surface area contributed by atoms with Crippen molar-refractivity contribution < 1.29 is 19.0 Å². The van der Waals surface area contributed by atoms with E-state index < -0.39 is 0 Å². The first-order valence-electron chi connectivity index (χ1n) is 10.2. The van der Waals surface area contributed by atoms with Crippen molar-refractivity contribution in [1.82, 2.24) is 9.88 Å². The highest BCUT2D eigenvalue weighted by molar-refractivity contribution is 8.18. The Bertz CT molecular complexity index is 1200. The zero-order chi connectivity index (χ0) is 23.4. The molecule has 0 bridgehead atoms. The highest BCUT2D eigenvalue weighted by atomic mass is 32.2. The second-order valence-electron chi connectivity index (χ2n) is 6.89. The fraction of sp³-hybridized carbons (Fsp3) is 0.208. The molecule has 0 radical (unpaired) electrons. The Balaban J connectivity index is 1.65. The van der Waals surface area contributed by atoms with Crippen molar-refractivity contribution in [2.75, 3.05) is 27.9 Å². The summed E-state index contributed by atoms with van der Waals surface area (Å²) in [4.78, 5) is 24.6. The minimum absolute atomic E-state index is 0.102. The van der Waals surface area contributed by atoms with Crippen molar-refractivity contribution in [1.29, 1.82) is 0 Å². The molecule has 3 aromatic rings. The Kier molecular flexibility index (Phi) is 7.00. The molecule has 33 heavy (non-hydrogen) atoms. The number of rotatable bonds is 7. The van der Waals surface area contributed by atoms with Gasteiger partial charge in [-0.15, -0.1) is 11.3 Å². The summed E-state index contributed by atoms with van der Waals surface area (Å²) < 4.78 is 16.2. The zero-order valence-corrected chi connectivity index (χ0v) is 20.3. The van der Waals surface area contributed by atoms with Gasteiger partial charge in [0.2, 0.25) is 10.9 Å². The summed E-state index contributed by atoms with van der Waals surface area (Å²) in [6.07, 6.45) is 1.81. The predicted octanol–water partition coefficient (Wildman–Crippen LogP) is 5.46. The molecule has 9 heteroatoms. The first-order valence-corrected chi connectivity index (χ1v) is 11.9. The van der Waals surface area contributed by atoms with Crippen molar-refractivity contribution in [3.05, 3.63) is 58.3 Å². The number of amides is 1. The van der Waals surface area contributed by atoms with Crippen molar-refractivity contribution in [3.8, 4) is 28.5 Å². The molecule has 1 aromatic heterocycles. The number of thioether (sulfide) groups is 1. The molecule has 0 aliphatic carbocycles. The molecule has 0 spiro atoms. The minimum atomic E-state index is -0.102. The zero-order valence-electron chi connectivity index (χ0n) is 18.7. The SMILES string of the molecule is CCN1C(=O)/C(=C/c2cc(OC)c(OC)c(OC)c2)S/C1=N/c1nc(-c2ccccc2)cs1. The third-order valence-corrected chi connectivity index (χ3v) is 6.68. The lowest BCUT2D eigenvalue weighted by atomic mass is 10.1. The molecule has 0 atom stereocenters. The molecule has 1 saturated heterocycles. The van der Waals surface area contributed by atoms with Crippen molar-refractivity contribution in [3.63, 3.8) is 0 Å². The van der Waals surface area contributed by atoms with E-state index in [-0.39, 0.29) is 5.91 Å². The molecule has 1 aliphatic rings. The van der Waals surface area contributed by atoms with Gasteiger partial charge in [0.1, 0.15) is 0 Å². The smallest absolute Gasteiger partial charge is 0.266 e. The molecule has 1 fully saturated rings. The Labute approximate surface area is 200 Å². The number of hydrogen-bond donors (Lipinski definition) is 0. The number of nitrogens with zero attached hydrogens (tertiary/aromatic N) is 3. The van der Waals surface area contributed by atoms with Gasteiger partial charge in [-0.1, -0.05) is 30.3 Å². The van der Waals surface area contributed by atoms with E-state index in [9.17, 15) is 4.79 Å². The normalized spacial score (nSPS) is 16.0. The molecule has 4 rings (SSSR count). The van der Waals surface area contributed by atoms with Crippen LogP contribution in [0.3, 0.4) is 0 Å². The van der Waals surface area contributed by atoms with Crippen LogP contribution in [0, 0.1) is 0 Å². The predicted molar refractivity (Wildman–Crippen MR) is 134 cm³/mol. The third kappa shape index (κ3) is 4.74. The molecule has 2 aromatic carbocycles. The van der Waals surface area contributed by atoms with Gasteiger partial charge in [-0.25, -0.2) is 4.98 Å². The second kappa shape index (κ2) is 10.1. The van der Waals surface area contributed by atoms with Gasteiger partial charge in [-0.2, -0.15) is 4.99 Å². The molecule has 0 N–H and O–H groups in total. The lowest BCUT2D eigenvalue weighted by Gasteiger charge is -2.13. The van der Waals surface area contributed by atoms with Crippen LogP contribution in [0.1, 0.15) is 12.5 Å². The fourth-order valence-corrected chi connectivity index (χ4v) is 5.14. The molecule has 0 saturated carbocycles.